The molecular formula is C18H14O8. The molecule has 2 unspecified atom stereocenters. The summed E-state index contributed by atoms with van der Waals surface area (Å²) >= 11 is 0. The van der Waals surface area contributed by atoms with Crippen LogP contribution in [-0.2, 0) is 22.4 Å². The van der Waals surface area contributed by atoms with Crippen LogP contribution in [0.4, 0.5) is 0 Å². The zero-order chi connectivity index (χ0) is 19.2. The van der Waals surface area contributed by atoms with Crippen LogP contribution >= 0.6 is 0 Å². The smallest absolute Gasteiger partial charge is 0.336 e. The molecule has 8 nitrogen and oxygen atoms in total. The summed E-state index contributed by atoms with van der Waals surface area (Å²) in [6, 6.07) is 5.69. The van der Waals surface area contributed by atoms with Gasteiger partial charge < -0.3 is 20.4 Å². The van der Waals surface area contributed by atoms with Crippen molar-refractivity contribution >= 4 is 34.6 Å². The maximum Gasteiger partial charge on any atom is 0.336 e. The average Bonchev–Trinajstić information content (AvgIpc) is 2.57. The molecule has 0 aliphatic heterocycles. The Morgan fingerprint density at radius 3 is 1.27 bits per heavy atom. The minimum atomic E-state index is -1.38. The van der Waals surface area contributed by atoms with E-state index < -0.39 is 35.7 Å². The molecule has 0 spiro atoms. The van der Waals surface area contributed by atoms with E-state index in [0.29, 0.717) is 21.9 Å². The van der Waals surface area contributed by atoms with E-state index in [0.717, 1.165) is 0 Å². The Balaban J connectivity index is 2.19. The first-order valence-corrected chi connectivity index (χ1v) is 7.70. The van der Waals surface area contributed by atoms with Gasteiger partial charge in [0.1, 0.15) is 0 Å². The monoisotopic (exact) mass is 358 g/mol. The molecule has 0 amide bonds. The lowest BCUT2D eigenvalue weighted by atomic mass is 9.75. The van der Waals surface area contributed by atoms with E-state index >= 15 is 0 Å². The van der Waals surface area contributed by atoms with Crippen molar-refractivity contribution in [2.75, 3.05) is 0 Å². The van der Waals surface area contributed by atoms with Crippen molar-refractivity contribution in [1.82, 2.24) is 0 Å². The van der Waals surface area contributed by atoms with Gasteiger partial charge in [-0.2, -0.15) is 0 Å². The topological polar surface area (TPSA) is 149 Å². The first kappa shape index (κ1) is 17.4. The normalized spacial score (nSPS) is 18.9. The largest absolute Gasteiger partial charge is 0.481 e. The summed E-state index contributed by atoms with van der Waals surface area (Å²) in [5, 5.41) is 38.0. The van der Waals surface area contributed by atoms with E-state index in [2.05, 4.69) is 0 Å². The summed E-state index contributed by atoms with van der Waals surface area (Å²) in [6.45, 7) is 0. The number of aliphatic carboxylic acids is 2. The fourth-order valence-electron chi connectivity index (χ4n) is 3.46. The van der Waals surface area contributed by atoms with Crippen LogP contribution in [0.3, 0.4) is 0 Å². The molecule has 0 saturated heterocycles. The highest BCUT2D eigenvalue weighted by Crippen LogP contribution is 2.34. The quantitative estimate of drug-likeness (QED) is 0.645. The third kappa shape index (κ3) is 2.85. The molecule has 4 N–H and O–H groups in total. The predicted octanol–water partition coefficient (Wildman–Crippen LogP) is 1.74. The number of rotatable bonds is 4. The van der Waals surface area contributed by atoms with Crippen molar-refractivity contribution in [2.24, 2.45) is 11.8 Å². The van der Waals surface area contributed by atoms with Crippen molar-refractivity contribution in [2.45, 2.75) is 12.8 Å². The molecule has 2 atom stereocenters. The van der Waals surface area contributed by atoms with E-state index in [-0.39, 0.29) is 24.0 Å². The van der Waals surface area contributed by atoms with Crippen molar-refractivity contribution in [3.05, 3.63) is 46.5 Å². The van der Waals surface area contributed by atoms with Crippen LogP contribution in [0.25, 0.3) is 10.8 Å². The number of benzene rings is 2. The molecule has 2 aromatic carbocycles. The molecule has 0 saturated carbocycles. The SMILES string of the molecule is O=C(O)c1cc2cc3c(cc2cc1C(=O)O)CC(C(=O)O)C(C(=O)O)C3. The maximum absolute atomic E-state index is 11.4. The fourth-order valence-corrected chi connectivity index (χ4v) is 3.46. The van der Waals surface area contributed by atoms with Gasteiger partial charge in [-0.1, -0.05) is 12.1 Å². The molecule has 8 heteroatoms. The van der Waals surface area contributed by atoms with E-state index in [1.807, 2.05) is 0 Å². The summed E-state index contributed by atoms with van der Waals surface area (Å²) in [5.41, 5.74) is 0.529. The molecule has 1 aliphatic carbocycles. The van der Waals surface area contributed by atoms with Gasteiger partial charge >= 0.3 is 23.9 Å². The van der Waals surface area contributed by atoms with E-state index in [9.17, 15) is 39.6 Å². The lowest BCUT2D eigenvalue weighted by molar-refractivity contribution is -0.154. The zero-order valence-electron chi connectivity index (χ0n) is 13.3. The first-order valence-electron chi connectivity index (χ1n) is 7.70. The van der Waals surface area contributed by atoms with E-state index in [1.165, 1.54) is 12.1 Å². The van der Waals surface area contributed by atoms with Crippen molar-refractivity contribution in [1.29, 1.82) is 0 Å². The Morgan fingerprint density at radius 1 is 0.654 bits per heavy atom. The molecule has 134 valence electrons. The summed E-state index contributed by atoms with van der Waals surface area (Å²) in [4.78, 5) is 45.4. The molecule has 0 aromatic heterocycles. The molecule has 26 heavy (non-hydrogen) atoms. The molecular weight excluding hydrogens is 344 g/mol. The third-order valence-corrected chi connectivity index (χ3v) is 4.76. The molecule has 3 rings (SSSR count). The highest BCUT2D eigenvalue weighted by molar-refractivity contribution is 6.06. The fraction of sp³-hybridized carbons (Fsp3) is 0.222. The van der Waals surface area contributed by atoms with E-state index in [1.54, 1.807) is 12.1 Å². The third-order valence-electron chi connectivity index (χ3n) is 4.76. The van der Waals surface area contributed by atoms with Crippen LogP contribution in [-0.4, -0.2) is 44.3 Å². The van der Waals surface area contributed by atoms with Crippen LogP contribution in [0.15, 0.2) is 24.3 Å². The second-order valence-corrected chi connectivity index (χ2v) is 6.27. The summed E-state index contributed by atoms with van der Waals surface area (Å²) in [7, 11) is 0. The van der Waals surface area contributed by atoms with Gasteiger partial charge in [0.15, 0.2) is 0 Å². The van der Waals surface area contributed by atoms with Gasteiger partial charge in [0, 0.05) is 0 Å². The first-order chi connectivity index (χ1) is 12.2. The van der Waals surface area contributed by atoms with Gasteiger partial charge in [0.25, 0.3) is 0 Å². The van der Waals surface area contributed by atoms with Crippen LogP contribution < -0.4 is 0 Å². The molecule has 0 heterocycles. The Kier molecular flexibility index (Phi) is 4.11. The van der Waals surface area contributed by atoms with Crippen molar-refractivity contribution in [3.63, 3.8) is 0 Å². The van der Waals surface area contributed by atoms with E-state index in [4.69, 9.17) is 0 Å². The zero-order valence-corrected chi connectivity index (χ0v) is 13.3. The molecule has 1 aliphatic rings. The highest BCUT2D eigenvalue weighted by Gasteiger charge is 2.38. The standard InChI is InChI=1S/C18H14O8/c19-15(20)11-3-7-1-8-4-12(16(21)22)14(18(25)26)6-10(8)2-9(7)5-13(11)17(23)24/h1-3,5,12,14H,4,6H2,(H,19,20)(H,21,22)(H,23,24)(H,25,26). The van der Waals surface area contributed by atoms with Gasteiger partial charge in [0.05, 0.1) is 23.0 Å². The minimum absolute atomic E-state index is 0.0145. The van der Waals surface area contributed by atoms with Gasteiger partial charge in [0.2, 0.25) is 0 Å². The maximum atomic E-state index is 11.4. The van der Waals surface area contributed by atoms with Crippen LogP contribution in [0.5, 0.6) is 0 Å². The Labute approximate surface area is 146 Å². The number of aromatic carboxylic acids is 2. The second kappa shape index (κ2) is 6.14. The van der Waals surface area contributed by atoms with Gasteiger partial charge in [-0.3, -0.25) is 9.59 Å². The van der Waals surface area contributed by atoms with Gasteiger partial charge in [-0.25, -0.2) is 9.59 Å². The molecule has 0 radical (unpaired) electrons. The second-order valence-electron chi connectivity index (χ2n) is 6.27. The van der Waals surface area contributed by atoms with Gasteiger partial charge in [-0.15, -0.1) is 0 Å². The number of carboxylic acids is 4. The number of fused-ring (bicyclic) bond motifs is 2. The number of hydrogen-bond acceptors (Lipinski definition) is 4. The lowest BCUT2D eigenvalue weighted by Gasteiger charge is -2.28. The number of carboxylic acid groups (broad SMARTS) is 4. The predicted molar refractivity (Wildman–Crippen MR) is 87.5 cm³/mol. The number of hydrogen-bond donors (Lipinski definition) is 4. The Morgan fingerprint density at radius 2 is 1.00 bits per heavy atom. The lowest BCUT2D eigenvalue weighted by Crippen LogP contribution is -2.36. The minimum Gasteiger partial charge on any atom is -0.481 e. The molecule has 0 bridgehead atoms. The van der Waals surface area contributed by atoms with Crippen molar-refractivity contribution < 1.29 is 39.6 Å². The van der Waals surface area contributed by atoms with Crippen LogP contribution in [0.1, 0.15) is 31.8 Å². The van der Waals surface area contributed by atoms with Crippen LogP contribution in [0, 0.1) is 11.8 Å². The Bertz CT molecular complexity index is 896. The summed E-state index contributed by atoms with van der Waals surface area (Å²) in [6.07, 6.45) is 0.0291. The summed E-state index contributed by atoms with van der Waals surface area (Å²) in [5.74, 6) is -7.30. The van der Waals surface area contributed by atoms with Crippen LogP contribution in [0.2, 0.25) is 0 Å². The van der Waals surface area contributed by atoms with Crippen molar-refractivity contribution in [3.8, 4) is 0 Å². The summed E-state index contributed by atoms with van der Waals surface area (Å²) < 4.78 is 0. The molecule has 2 aromatic rings. The Hall–Kier alpha value is -3.42. The number of carbonyl (C=O) groups is 4. The van der Waals surface area contributed by atoms with Gasteiger partial charge in [-0.05, 0) is 46.9 Å². The molecule has 0 fully saturated rings. The average molecular weight is 358 g/mol. The highest BCUT2D eigenvalue weighted by atomic mass is 16.4.